The quantitative estimate of drug-likeness (QED) is 0.514. The summed E-state index contributed by atoms with van der Waals surface area (Å²) in [6.07, 6.45) is 3.30. The van der Waals surface area contributed by atoms with Crippen LogP contribution in [0.15, 0.2) is 48.5 Å². The van der Waals surface area contributed by atoms with Gasteiger partial charge < -0.3 is 14.6 Å². The van der Waals surface area contributed by atoms with E-state index in [0.29, 0.717) is 44.8 Å². The smallest absolute Gasteiger partial charge is 0.221 e. The maximum Gasteiger partial charge on any atom is 0.221 e. The molecule has 0 unspecified atom stereocenters. The van der Waals surface area contributed by atoms with Crippen LogP contribution in [0.1, 0.15) is 61.0 Å². The number of rotatable bonds is 9. The summed E-state index contributed by atoms with van der Waals surface area (Å²) in [4.78, 5) is 0. The minimum Gasteiger partial charge on any atom is -0.396 e. The second-order valence-electron chi connectivity index (χ2n) is 9.74. The molecule has 0 radical (unpaired) electrons. The number of benzene rings is 2. The number of nitrogens with zero attached hydrogens (tertiary/aromatic N) is 1. The van der Waals surface area contributed by atoms with Gasteiger partial charge in [0.2, 0.25) is 10.0 Å². The van der Waals surface area contributed by atoms with Crippen molar-refractivity contribution in [3.05, 3.63) is 71.0 Å². The lowest BCUT2D eigenvalue weighted by atomic mass is 9.74. The summed E-state index contributed by atoms with van der Waals surface area (Å²) in [5.41, 5.74) is 1.66. The molecule has 2 aliphatic heterocycles. The fourth-order valence-electron chi connectivity index (χ4n) is 5.24. The van der Waals surface area contributed by atoms with Crippen molar-refractivity contribution in [3.8, 4) is 0 Å². The average Bonchev–Trinajstić information content (AvgIpc) is 2.86. The van der Waals surface area contributed by atoms with E-state index in [-0.39, 0.29) is 24.6 Å². The molecule has 0 spiro atoms. The van der Waals surface area contributed by atoms with Crippen LogP contribution in [0.4, 0.5) is 4.39 Å². The van der Waals surface area contributed by atoms with Gasteiger partial charge in [-0.05, 0) is 56.2 Å². The first-order chi connectivity index (χ1) is 16.9. The van der Waals surface area contributed by atoms with Crippen molar-refractivity contribution >= 4 is 10.0 Å². The number of halogens is 1. The Morgan fingerprint density at radius 1 is 1.14 bits per heavy atom. The van der Waals surface area contributed by atoms with Crippen molar-refractivity contribution in [2.24, 2.45) is 0 Å². The van der Waals surface area contributed by atoms with Gasteiger partial charge in [-0.3, -0.25) is 0 Å². The lowest BCUT2D eigenvalue weighted by Crippen LogP contribution is -2.45. The summed E-state index contributed by atoms with van der Waals surface area (Å²) >= 11 is 0. The minimum absolute atomic E-state index is 0.0159. The lowest BCUT2D eigenvalue weighted by Gasteiger charge is -2.38. The second-order valence-corrected chi connectivity index (χ2v) is 11.8. The van der Waals surface area contributed by atoms with Crippen molar-refractivity contribution in [1.29, 1.82) is 0 Å². The summed E-state index contributed by atoms with van der Waals surface area (Å²) in [7, 11) is -3.63. The van der Waals surface area contributed by atoms with E-state index >= 15 is 4.39 Å². The van der Waals surface area contributed by atoms with Crippen LogP contribution in [-0.2, 0) is 31.5 Å². The molecule has 6 nitrogen and oxygen atoms in total. The number of sulfonamides is 1. The van der Waals surface area contributed by atoms with E-state index in [1.54, 1.807) is 12.1 Å². The highest BCUT2D eigenvalue weighted by molar-refractivity contribution is 7.89. The normalized spacial score (nSPS) is 24.3. The van der Waals surface area contributed by atoms with Gasteiger partial charge in [0, 0.05) is 50.0 Å². The highest BCUT2D eigenvalue weighted by Crippen LogP contribution is 2.39. The third kappa shape index (κ3) is 5.78. The largest absolute Gasteiger partial charge is 0.396 e. The molecule has 2 fully saturated rings. The molecule has 2 saturated heterocycles. The Labute approximate surface area is 208 Å². The minimum atomic E-state index is -3.63. The van der Waals surface area contributed by atoms with Crippen LogP contribution in [-0.4, -0.2) is 56.9 Å². The first kappa shape index (κ1) is 26.2. The van der Waals surface area contributed by atoms with Crippen LogP contribution >= 0.6 is 0 Å². The fraction of sp³-hybridized carbons (Fsp3) is 0.556. The highest BCUT2D eigenvalue weighted by atomic mass is 32.2. The molecular weight excluding hydrogens is 469 g/mol. The van der Waals surface area contributed by atoms with Crippen LogP contribution < -0.4 is 0 Å². The summed E-state index contributed by atoms with van der Waals surface area (Å²) in [6, 6.07) is 14.3. The molecule has 0 amide bonds. The first-order valence-electron chi connectivity index (χ1n) is 12.5. The number of aliphatic hydroxyl groups is 1. The van der Waals surface area contributed by atoms with E-state index in [1.165, 1.54) is 4.31 Å². The Bertz CT molecular complexity index is 1070. The number of hydrogen-bond donors (Lipinski definition) is 1. The molecule has 2 aliphatic rings. The van der Waals surface area contributed by atoms with Gasteiger partial charge in [0.25, 0.3) is 0 Å². The van der Waals surface area contributed by atoms with Gasteiger partial charge in [0.05, 0.1) is 6.61 Å². The topological polar surface area (TPSA) is 76.1 Å². The first-order valence-corrected chi connectivity index (χ1v) is 14.0. The van der Waals surface area contributed by atoms with Gasteiger partial charge in [0.1, 0.15) is 11.1 Å². The molecule has 0 aliphatic carbocycles. The van der Waals surface area contributed by atoms with Gasteiger partial charge in [0.15, 0.2) is 0 Å². The van der Waals surface area contributed by atoms with Crippen molar-refractivity contribution in [2.75, 3.05) is 33.0 Å². The summed E-state index contributed by atoms with van der Waals surface area (Å²) < 4.78 is 55.4. The third-order valence-electron chi connectivity index (χ3n) is 7.46. The molecule has 192 valence electrons. The van der Waals surface area contributed by atoms with E-state index in [1.807, 2.05) is 43.3 Å². The summed E-state index contributed by atoms with van der Waals surface area (Å²) in [5, 5.41) is 8.42. The lowest BCUT2D eigenvalue weighted by molar-refractivity contribution is -0.00214. The Hall–Kier alpha value is -1.84. The van der Waals surface area contributed by atoms with Gasteiger partial charge in [-0.2, -0.15) is 4.31 Å². The molecule has 0 bridgehead atoms. The van der Waals surface area contributed by atoms with Crippen LogP contribution in [0.25, 0.3) is 0 Å². The Balaban J connectivity index is 1.55. The van der Waals surface area contributed by atoms with Crippen LogP contribution in [0.3, 0.4) is 0 Å². The van der Waals surface area contributed by atoms with Gasteiger partial charge in [-0.25, -0.2) is 12.8 Å². The predicted molar refractivity (Wildman–Crippen MR) is 133 cm³/mol. The molecule has 4 rings (SSSR count). The van der Waals surface area contributed by atoms with E-state index < -0.39 is 21.1 Å². The fourth-order valence-corrected chi connectivity index (χ4v) is 7.43. The molecule has 8 heteroatoms. The van der Waals surface area contributed by atoms with Gasteiger partial charge >= 0.3 is 0 Å². The number of aliphatic hydroxyl groups excluding tert-OH is 1. The van der Waals surface area contributed by atoms with Gasteiger partial charge in [-0.1, -0.05) is 42.5 Å². The van der Waals surface area contributed by atoms with E-state index in [0.717, 1.165) is 30.4 Å². The Kier molecular flexibility index (Phi) is 8.60. The Morgan fingerprint density at radius 3 is 2.57 bits per heavy atom. The SMILES string of the molecule is C[C@H]1CC[C@H](c2ccccc2)S(=O)(=O)N1Cc1ccc(C2(COCCCO)CCOCC2)cc1F. The molecule has 0 saturated carbocycles. The monoisotopic (exact) mass is 505 g/mol. The van der Waals surface area contributed by atoms with Crippen molar-refractivity contribution in [1.82, 2.24) is 4.31 Å². The molecule has 2 aromatic carbocycles. The third-order valence-corrected chi connectivity index (χ3v) is 9.83. The van der Waals surface area contributed by atoms with Crippen molar-refractivity contribution < 1.29 is 27.4 Å². The van der Waals surface area contributed by atoms with Crippen molar-refractivity contribution in [2.45, 2.75) is 62.3 Å². The number of ether oxygens (including phenoxy) is 2. The van der Waals surface area contributed by atoms with Crippen molar-refractivity contribution in [3.63, 3.8) is 0 Å². The molecule has 1 N–H and O–H groups in total. The second kappa shape index (κ2) is 11.5. The summed E-state index contributed by atoms with van der Waals surface area (Å²) in [5.74, 6) is -0.395. The zero-order valence-corrected chi connectivity index (χ0v) is 21.2. The molecule has 0 aromatic heterocycles. The van der Waals surface area contributed by atoms with Gasteiger partial charge in [-0.15, -0.1) is 0 Å². The molecule has 2 heterocycles. The van der Waals surface area contributed by atoms with Crippen LogP contribution in [0.2, 0.25) is 0 Å². The summed E-state index contributed by atoms with van der Waals surface area (Å²) in [6.45, 7) is 4.03. The maximum absolute atomic E-state index is 15.4. The molecule has 35 heavy (non-hydrogen) atoms. The maximum atomic E-state index is 15.4. The molecule has 2 aromatic rings. The Morgan fingerprint density at radius 2 is 1.89 bits per heavy atom. The van der Waals surface area contributed by atoms with E-state index in [2.05, 4.69) is 0 Å². The molecule has 2 atom stereocenters. The zero-order valence-electron chi connectivity index (χ0n) is 20.4. The van der Waals surface area contributed by atoms with Crippen LogP contribution in [0.5, 0.6) is 0 Å². The number of hydrogen-bond acceptors (Lipinski definition) is 5. The van der Waals surface area contributed by atoms with E-state index in [9.17, 15) is 8.42 Å². The highest BCUT2D eigenvalue weighted by Gasteiger charge is 2.41. The predicted octanol–water partition coefficient (Wildman–Crippen LogP) is 4.33. The van der Waals surface area contributed by atoms with E-state index in [4.69, 9.17) is 14.6 Å². The average molecular weight is 506 g/mol. The van der Waals surface area contributed by atoms with Crippen LogP contribution in [0, 0.1) is 5.82 Å². The standard InChI is InChI=1S/C27H36FNO5S/c1-21-8-11-26(22-6-3-2-4-7-22)35(31,32)29(21)19-23-9-10-24(18-25(23)28)27(12-16-33-17-13-27)20-34-15-5-14-30/h2-4,6-7,9-10,18,21,26,30H,5,8,11-17,19-20H2,1H3/t21-,26+/m0/s1. The zero-order chi connectivity index (χ0) is 24.9. The molecular formula is C27H36FNO5S.